The second kappa shape index (κ2) is 15.9. The summed E-state index contributed by atoms with van der Waals surface area (Å²) in [6.07, 6.45) is 7.87. The summed E-state index contributed by atoms with van der Waals surface area (Å²) >= 11 is 6.67. The Kier molecular flexibility index (Phi) is 9.33. The van der Waals surface area contributed by atoms with Crippen LogP contribution in [0.4, 0.5) is 0 Å². The topological polar surface area (TPSA) is 174 Å². The number of halogens is 1. The fourth-order valence-electron chi connectivity index (χ4n) is 8.34. The molecule has 0 spiro atoms. The molecule has 65 heavy (non-hydrogen) atoms. The summed E-state index contributed by atoms with van der Waals surface area (Å²) in [4.78, 5) is 58.5. The van der Waals surface area contributed by atoms with Crippen LogP contribution < -0.4 is 0 Å². The number of hydrogen-bond donors (Lipinski definition) is 0. The van der Waals surface area contributed by atoms with Gasteiger partial charge < -0.3 is 18.3 Å². The number of rotatable bonds is 11. The maximum Gasteiger partial charge on any atom is 0.165 e. The minimum Gasteiger partial charge on any atom is -0.311 e. The van der Waals surface area contributed by atoms with Crippen LogP contribution >= 0.6 is 11.6 Å². The highest BCUT2D eigenvalue weighted by atomic mass is 35.5. The van der Waals surface area contributed by atoms with Gasteiger partial charge in [0.1, 0.15) is 64.5 Å². The van der Waals surface area contributed by atoms with E-state index in [0.29, 0.717) is 105 Å². The normalized spacial score (nSPS) is 11.7. The second-order valence-corrected chi connectivity index (χ2v) is 15.8. The molecular weight excluding hydrogens is 836 g/mol. The lowest BCUT2D eigenvalue weighted by Crippen LogP contribution is -2.06. The van der Waals surface area contributed by atoms with Crippen LogP contribution in [0.25, 0.3) is 79.2 Å². The van der Waals surface area contributed by atoms with Crippen LogP contribution in [0.3, 0.4) is 0 Å². The molecule has 0 unspecified atom stereocenters. The van der Waals surface area contributed by atoms with Crippen molar-refractivity contribution in [3.63, 3.8) is 0 Å². The zero-order chi connectivity index (χ0) is 43.3. The van der Waals surface area contributed by atoms with Gasteiger partial charge in [0, 0.05) is 0 Å². The van der Waals surface area contributed by atoms with E-state index in [1.54, 1.807) is 19.0 Å². The molecule has 12 rings (SSSR count). The fourth-order valence-corrected chi connectivity index (χ4v) is 8.51. The Morgan fingerprint density at radius 3 is 1.14 bits per heavy atom. The predicted molar refractivity (Wildman–Crippen MR) is 245 cm³/mol. The van der Waals surface area contributed by atoms with Crippen LogP contribution in [0.2, 0.25) is 5.15 Å². The lowest BCUT2D eigenvalue weighted by atomic mass is 10.2. The SMILES string of the molecule is Clc1ncnc2c1nc(-c1ncnc3c1nc(-c1ncnc4c1nc(-c1ncnc5c1ncn5Cc1ccccc1)n4Cc1ccccc1)n3Cc1ccccc1)n2Cc1ccccc1. The second-order valence-electron chi connectivity index (χ2n) is 15.4. The predicted octanol–water partition coefficient (Wildman–Crippen LogP) is 8.09. The number of benzene rings is 4. The first-order valence-corrected chi connectivity index (χ1v) is 21.1. The third kappa shape index (κ3) is 6.79. The van der Waals surface area contributed by atoms with Gasteiger partial charge in [0.2, 0.25) is 0 Å². The average Bonchev–Trinajstić information content (AvgIpc) is 4.13. The van der Waals surface area contributed by atoms with Crippen molar-refractivity contribution in [3.8, 4) is 34.6 Å². The molecule has 0 bridgehead atoms. The summed E-state index contributed by atoms with van der Waals surface area (Å²) in [5.74, 6) is 1.58. The van der Waals surface area contributed by atoms with Gasteiger partial charge in [-0.05, 0) is 22.3 Å². The number of hydrogen-bond acceptors (Lipinski definition) is 12. The molecule has 0 amide bonds. The first-order chi connectivity index (χ1) is 32.1. The van der Waals surface area contributed by atoms with Crippen molar-refractivity contribution < 1.29 is 0 Å². The van der Waals surface area contributed by atoms with E-state index in [1.165, 1.54) is 12.7 Å². The van der Waals surface area contributed by atoms with Gasteiger partial charge in [-0.1, -0.05) is 133 Å². The molecule has 16 nitrogen and oxygen atoms in total. The largest absolute Gasteiger partial charge is 0.311 e. The summed E-state index contributed by atoms with van der Waals surface area (Å²) in [5.41, 5.74) is 10.3. The molecule has 4 aromatic carbocycles. The highest BCUT2D eigenvalue weighted by Gasteiger charge is 2.28. The fraction of sp³-hybridized carbons (Fsp3) is 0.0833. The Bertz CT molecular complexity index is 3680. The van der Waals surface area contributed by atoms with Crippen LogP contribution in [0.1, 0.15) is 22.3 Å². The maximum absolute atomic E-state index is 6.67. The summed E-state index contributed by atoms with van der Waals surface area (Å²) in [5, 5.41) is 0.234. The lowest BCUT2D eigenvalue weighted by molar-refractivity contribution is 0.811. The van der Waals surface area contributed by atoms with Crippen LogP contribution in [0.15, 0.2) is 153 Å². The van der Waals surface area contributed by atoms with Gasteiger partial charge in [-0.25, -0.2) is 59.8 Å². The summed E-state index contributed by atoms with van der Waals surface area (Å²) < 4.78 is 8.10. The molecule has 312 valence electrons. The molecule has 0 radical (unpaired) electrons. The molecular formula is C48H33ClN16. The minimum atomic E-state index is 0.234. The average molecular weight is 869 g/mol. The van der Waals surface area contributed by atoms with E-state index in [1.807, 2.05) is 86.5 Å². The van der Waals surface area contributed by atoms with E-state index in [0.717, 1.165) is 22.3 Å². The third-order valence-electron chi connectivity index (χ3n) is 11.3. The molecule has 8 aromatic heterocycles. The molecule has 0 aliphatic rings. The van der Waals surface area contributed by atoms with Gasteiger partial charge in [-0.3, -0.25) is 0 Å². The van der Waals surface area contributed by atoms with Crippen LogP contribution in [-0.2, 0) is 26.2 Å². The molecule has 0 aliphatic heterocycles. The van der Waals surface area contributed by atoms with Crippen molar-refractivity contribution in [2.45, 2.75) is 26.2 Å². The molecule has 0 saturated carbocycles. The Balaban J connectivity index is 1.08. The third-order valence-corrected chi connectivity index (χ3v) is 11.6. The van der Waals surface area contributed by atoms with E-state index in [2.05, 4.69) is 68.0 Å². The standard InChI is InChI=1S/C48H33ClN16/c49-41-40-45(57-28-53-41)65(24-33-19-11-4-12-20-33)48(61-40)37-39-44(56-27-52-37)64(23-32-17-9-3-10-18-32)47(60-39)36-38-43(55-26-51-36)63(22-31-15-7-2-8-16-31)46(59-38)35-34-42(54-25-50-35)62(29-58-34)21-30-13-5-1-6-14-30/h1-20,25-29H,21-24H2. The maximum atomic E-state index is 6.67. The molecule has 0 atom stereocenters. The zero-order valence-corrected chi connectivity index (χ0v) is 35.1. The molecule has 12 aromatic rings. The minimum absolute atomic E-state index is 0.234. The highest BCUT2D eigenvalue weighted by molar-refractivity contribution is 6.33. The van der Waals surface area contributed by atoms with E-state index in [4.69, 9.17) is 56.5 Å². The summed E-state index contributed by atoms with van der Waals surface area (Å²) in [6, 6.07) is 40.6. The van der Waals surface area contributed by atoms with E-state index >= 15 is 0 Å². The molecule has 0 aliphatic carbocycles. The van der Waals surface area contributed by atoms with E-state index in [-0.39, 0.29) is 5.15 Å². The van der Waals surface area contributed by atoms with Crippen molar-refractivity contribution in [2.24, 2.45) is 0 Å². The monoisotopic (exact) mass is 868 g/mol. The van der Waals surface area contributed by atoms with Crippen LogP contribution in [-0.4, -0.2) is 78.1 Å². The quantitative estimate of drug-likeness (QED) is 0.115. The Morgan fingerprint density at radius 1 is 0.338 bits per heavy atom. The van der Waals surface area contributed by atoms with Gasteiger partial charge >= 0.3 is 0 Å². The van der Waals surface area contributed by atoms with Crippen LogP contribution in [0.5, 0.6) is 0 Å². The van der Waals surface area contributed by atoms with Gasteiger partial charge in [0.05, 0.1) is 32.5 Å². The first-order valence-electron chi connectivity index (χ1n) is 20.8. The Hall–Kier alpha value is -8.63. The lowest BCUT2D eigenvalue weighted by Gasteiger charge is -2.10. The Morgan fingerprint density at radius 2 is 0.692 bits per heavy atom. The molecule has 0 saturated heterocycles. The first kappa shape index (κ1) is 38.1. The zero-order valence-electron chi connectivity index (χ0n) is 34.3. The highest BCUT2D eigenvalue weighted by Crippen LogP contribution is 2.36. The molecule has 0 fully saturated rings. The molecule has 17 heteroatoms. The van der Waals surface area contributed by atoms with Gasteiger partial charge in [-0.2, -0.15) is 0 Å². The van der Waals surface area contributed by atoms with E-state index in [9.17, 15) is 0 Å². The summed E-state index contributed by atoms with van der Waals surface area (Å²) in [7, 11) is 0. The van der Waals surface area contributed by atoms with Crippen molar-refractivity contribution in [3.05, 3.63) is 180 Å². The van der Waals surface area contributed by atoms with Crippen molar-refractivity contribution in [2.75, 3.05) is 0 Å². The number of fused-ring (bicyclic) bond motifs is 4. The van der Waals surface area contributed by atoms with Gasteiger partial charge in [0.15, 0.2) is 45.2 Å². The van der Waals surface area contributed by atoms with Crippen molar-refractivity contribution in [1.29, 1.82) is 0 Å². The van der Waals surface area contributed by atoms with E-state index < -0.39 is 0 Å². The number of nitrogens with zero attached hydrogens (tertiary/aromatic N) is 16. The molecule has 8 heterocycles. The van der Waals surface area contributed by atoms with Gasteiger partial charge in [0.25, 0.3) is 0 Å². The molecule has 0 N–H and O–H groups in total. The smallest absolute Gasteiger partial charge is 0.165 e. The van der Waals surface area contributed by atoms with Gasteiger partial charge in [-0.15, -0.1) is 0 Å². The van der Waals surface area contributed by atoms with Crippen molar-refractivity contribution in [1.82, 2.24) is 78.1 Å². The summed E-state index contributed by atoms with van der Waals surface area (Å²) in [6.45, 7) is 1.89. The number of imidazole rings is 4. The number of aromatic nitrogens is 16. The van der Waals surface area contributed by atoms with Crippen molar-refractivity contribution >= 4 is 56.3 Å². The Labute approximate surface area is 374 Å². The van der Waals surface area contributed by atoms with Crippen LogP contribution in [0, 0.1) is 0 Å².